The molecule has 0 saturated heterocycles. The number of sulfone groups is 1. The number of hydrogen-bond acceptors (Lipinski definition) is 7. The van der Waals surface area contributed by atoms with Crippen LogP contribution in [0.25, 0.3) is 11.1 Å². The molecule has 2 heterocycles. The van der Waals surface area contributed by atoms with Crippen LogP contribution in [0.3, 0.4) is 0 Å². The third kappa shape index (κ3) is 5.25. The van der Waals surface area contributed by atoms with Crippen molar-refractivity contribution in [1.29, 1.82) is 0 Å². The molecule has 3 aromatic rings. The normalized spacial score (nSPS) is 14.1. The maximum Gasteiger partial charge on any atom is 0.252 e. The lowest BCUT2D eigenvalue weighted by Crippen LogP contribution is -2.45. The standard InChI is InChI=1S/C24H28N4O3S2/c1-3-24(4-2,21-15-32-23(27-21)26-16-33(30,31)20-11-12-20)28-22(29)18-9-7-17(8-10-18)19-6-5-13-25-14-19/h5-10,13-15,20H,3-4,11-12,16H2,1-2H3,(H,26,27)(H,28,29). The topological polar surface area (TPSA) is 101 Å². The molecule has 174 valence electrons. The van der Waals surface area contributed by atoms with E-state index >= 15 is 0 Å². The molecular formula is C24H28N4O3S2. The fourth-order valence-electron chi connectivity index (χ4n) is 3.77. The summed E-state index contributed by atoms with van der Waals surface area (Å²) in [4.78, 5) is 21.9. The van der Waals surface area contributed by atoms with E-state index in [-0.39, 0.29) is 17.0 Å². The quantitative estimate of drug-likeness (QED) is 0.436. The fourth-order valence-corrected chi connectivity index (χ4v) is 6.10. The van der Waals surface area contributed by atoms with Crippen molar-refractivity contribution in [1.82, 2.24) is 15.3 Å². The minimum absolute atomic E-state index is 0.106. The highest BCUT2D eigenvalue weighted by atomic mass is 32.2. The Labute approximate surface area is 198 Å². The number of carbonyl (C=O) groups excluding carboxylic acids is 1. The number of pyridine rings is 1. The van der Waals surface area contributed by atoms with Crippen molar-refractivity contribution in [2.24, 2.45) is 0 Å². The van der Waals surface area contributed by atoms with Crippen LogP contribution in [0.15, 0.2) is 54.2 Å². The van der Waals surface area contributed by atoms with Gasteiger partial charge < -0.3 is 10.6 Å². The number of amides is 1. The molecule has 2 aromatic heterocycles. The van der Waals surface area contributed by atoms with Crippen molar-refractivity contribution in [3.05, 3.63) is 65.4 Å². The van der Waals surface area contributed by atoms with Gasteiger partial charge in [0, 0.05) is 23.3 Å². The zero-order valence-electron chi connectivity index (χ0n) is 18.7. The predicted molar refractivity (Wildman–Crippen MR) is 132 cm³/mol. The maximum absolute atomic E-state index is 13.1. The summed E-state index contributed by atoms with van der Waals surface area (Å²) in [7, 11) is -3.12. The van der Waals surface area contributed by atoms with Crippen LogP contribution in [0.1, 0.15) is 55.6 Å². The summed E-state index contributed by atoms with van der Waals surface area (Å²) in [5.74, 6) is -0.277. The molecule has 7 nitrogen and oxygen atoms in total. The van der Waals surface area contributed by atoms with Crippen molar-refractivity contribution < 1.29 is 13.2 Å². The van der Waals surface area contributed by atoms with Crippen LogP contribution in [0, 0.1) is 0 Å². The van der Waals surface area contributed by atoms with Gasteiger partial charge in [-0.25, -0.2) is 13.4 Å². The Balaban J connectivity index is 1.47. The van der Waals surface area contributed by atoms with Gasteiger partial charge in [-0.15, -0.1) is 11.3 Å². The van der Waals surface area contributed by atoms with Gasteiger partial charge in [0.2, 0.25) is 0 Å². The summed E-state index contributed by atoms with van der Waals surface area (Å²) >= 11 is 1.36. The first-order valence-electron chi connectivity index (χ1n) is 11.1. The number of nitrogens with one attached hydrogen (secondary N) is 2. The van der Waals surface area contributed by atoms with E-state index in [9.17, 15) is 13.2 Å². The molecule has 4 rings (SSSR count). The van der Waals surface area contributed by atoms with Crippen LogP contribution in [0.5, 0.6) is 0 Å². The molecule has 1 saturated carbocycles. The van der Waals surface area contributed by atoms with Crippen molar-refractivity contribution in [3.8, 4) is 11.1 Å². The summed E-state index contributed by atoms with van der Waals surface area (Å²) in [6.45, 7) is 4.03. The number of benzene rings is 1. The Kier molecular flexibility index (Phi) is 6.81. The lowest BCUT2D eigenvalue weighted by Gasteiger charge is -2.31. The maximum atomic E-state index is 13.1. The molecule has 1 amide bonds. The van der Waals surface area contributed by atoms with E-state index in [2.05, 4.69) is 20.6 Å². The van der Waals surface area contributed by atoms with E-state index in [0.29, 0.717) is 23.5 Å². The average molecular weight is 485 g/mol. The van der Waals surface area contributed by atoms with Gasteiger partial charge in [0.1, 0.15) is 5.88 Å². The van der Waals surface area contributed by atoms with Crippen LogP contribution >= 0.6 is 11.3 Å². The number of rotatable bonds is 10. The highest BCUT2D eigenvalue weighted by Crippen LogP contribution is 2.33. The zero-order valence-corrected chi connectivity index (χ0v) is 20.4. The Hall–Kier alpha value is -2.78. The largest absolute Gasteiger partial charge is 0.348 e. The average Bonchev–Trinajstić information content (AvgIpc) is 3.61. The summed E-state index contributed by atoms with van der Waals surface area (Å²) < 4.78 is 24.3. The fraction of sp³-hybridized carbons (Fsp3) is 0.375. The Bertz CT molecular complexity index is 1200. The monoisotopic (exact) mass is 484 g/mol. The number of aromatic nitrogens is 2. The molecule has 0 atom stereocenters. The molecule has 1 aromatic carbocycles. The Morgan fingerprint density at radius 1 is 1.12 bits per heavy atom. The zero-order chi connectivity index (χ0) is 23.5. The number of nitrogens with zero attached hydrogens (tertiary/aromatic N) is 2. The molecule has 33 heavy (non-hydrogen) atoms. The second-order valence-electron chi connectivity index (χ2n) is 8.28. The van der Waals surface area contributed by atoms with Crippen molar-refractivity contribution in [2.45, 2.75) is 50.3 Å². The number of hydrogen-bond donors (Lipinski definition) is 2. The van der Waals surface area contributed by atoms with Gasteiger partial charge in [0.25, 0.3) is 5.91 Å². The smallest absolute Gasteiger partial charge is 0.252 e. The van der Waals surface area contributed by atoms with E-state index in [4.69, 9.17) is 0 Å². The van der Waals surface area contributed by atoms with Gasteiger partial charge in [-0.05, 0) is 55.0 Å². The van der Waals surface area contributed by atoms with Crippen molar-refractivity contribution in [2.75, 3.05) is 11.2 Å². The van der Waals surface area contributed by atoms with Crippen LogP contribution in [0.2, 0.25) is 0 Å². The third-order valence-electron chi connectivity index (χ3n) is 6.15. The van der Waals surface area contributed by atoms with Crippen LogP contribution in [-0.4, -0.2) is 35.4 Å². The molecule has 9 heteroatoms. The summed E-state index contributed by atoms with van der Waals surface area (Å²) in [6, 6.07) is 11.3. The second kappa shape index (κ2) is 9.61. The molecule has 2 N–H and O–H groups in total. The molecule has 0 bridgehead atoms. The highest BCUT2D eigenvalue weighted by molar-refractivity contribution is 7.92. The Morgan fingerprint density at radius 2 is 1.85 bits per heavy atom. The van der Waals surface area contributed by atoms with Crippen LogP contribution in [0.4, 0.5) is 5.13 Å². The highest BCUT2D eigenvalue weighted by Gasteiger charge is 2.36. The van der Waals surface area contributed by atoms with E-state index < -0.39 is 15.4 Å². The van der Waals surface area contributed by atoms with Gasteiger partial charge in [0.05, 0.1) is 16.5 Å². The van der Waals surface area contributed by atoms with E-state index in [1.54, 1.807) is 12.4 Å². The summed E-state index contributed by atoms with van der Waals surface area (Å²) in [6.07, 6.45) is 6.33. The molecule has 0 unspecified atom stereocenters. The number of anilines is 1. The molecule has 1 aliphatic rings. The second-order valence-corrected chi connectivity index (χ2v) is 11.4. The van der Waals surface area contributed by atoms with Gasteiger partial charge in [-0.3, -0.25) is 9.78 Å². The van der Waals surface area contributed by atoms with Crippen LogP contribution < -0.4 is 10.6 Å². The predicted octanol–water partition coefficient (Wildman–Crippen LogP) is 4.60. The third-order valence-corrected chi connectivity index (χ3v) is 8.99. The molecule has 0 radical (unpaired) electrons. The van der Waals surface area contributed by atoms with Crippen LogP contribution in [-0.2, 0) is 15.4 Å². The first-order chi connectivity index (χ1) is 15.9. The van der Waals surface area contributed by atoms with Gasteiger partial charge in [-0.2, -0.15) is 0 Å². The Morgan fingerprint density at radius 3 is 2.45 bits per heavy atom. The number of carbonyl (C=O) groups is 1. The van der Waals surface area contributed by atoms with E-state index in [1.165, 1.54) is 11.3 Å². The van der Waals surface area contributed by atoms with Gasteiger partial charge in [0.15, 0.2) is 15.0 Å². The van der Waals surface area contributed by atoms with Crippen molar-refractivity contribution in [3.63, 3.8) is 0 Å². The van der Waals surface area contributed by atoms with E-state index in [0.717, 1.165) is 29.7 Å². The molecule has 0 aliphatic heterocycles. The summed E-state index contributed by atoms with van der Waals surface area (Å²) in [5, 5.41) is 8.37. The minimum atomic E-state index is -3.12. The van der Waals surface area contributed by atoms with Gasteiger partial charge >= 0.3 is 0 Å². The molecular weight excluding hydrogens is 456 g/mol. The molecule has 0 spiro atoms. The lowest BCUT2D eigenvalue weighted by molar-refractivity contribution is 0.0887. The number of thiazole rings is 1. The first kappa shape index (κ1) is 23.4. The molecule has 1 fully saturated rings. The molecule has 1 aliphatic carbocycles. The lowest BCUT2D eigenvalue weighted by atomic mass is 9.89. The SMILES string of the molecule is CCC(CC)(NC(=O)c1ccc(-c2cccnc2)cc1)c1csc(NCS(=O)(=O)C2CC2)n1. The van der Waals surface area contributed by atoms with E-state index in [1.807, 2.05) is 55.6 Å². The van der Waals surface area contributed by atoms with Gasteiger partial charge in [-0.1, -0.05) is 32.0 Å². The van der Waals surface area contributed by atoms with Crippen molar-refractivity contribution >= 4 is 32.2 Å². The summed E-state index contributed by atoms with van der Waals surface area (Å²) in [5.41, 5.74) is 2.66. The first-order valence-corrected chi connectivity index (χ1v) is 13.7. The minimum Gasteiger partial charge on any atom is -0.348 e.